The zero-order chi connectivity index (χ0) is 27.6. The fourth-order valence-corrected chi connectivity index (χ4v) is 5.70. The average molecular weight is 585 g/mol. The molecule has 0 bridgehead atoms. The van der Waals surface area contributed by atoms with Gasteiger partial charge in [-0.3, -0.25) is 4.79 Å². The molecule has 3 unspecified atom stereocenters. The first kappa shape index (κ1) is 27.8. The van der Waals surface area contributed by atoms with Crippen molar-refractivity contribution in [2.24, 2.45) is 0 Å². The molecule has 1 heterocycles. The number of esters is 1. The Balaban J connectivity index is 1.84. The molecule has 2 aromatic carbocycles. The topological polar surface area (TPSA) is 83.1 Å². The largest absolute Gasteiger partial charge is 0.497 e. The zero-order valence-electron chi connectivity index (χ0n) is 22.6. The highest BCUT2D eigenvalue weighted by atomic mass is 79.9. The predicted octanol–water partition coefficient (Wildman–Crippen LogP) is 6.18. The number of Topliss-reactive ketones (excluding diaryl/α,β-unsaturated/α-hetero) is 1. The van der Waals surface area contributed by atoms with E-state index < -0.39 is 11.9 Å². The summed E-state index contributed by atoms with van der Waals surface area (Å²) in [5.74, 6) is 0.772. The molecule has 3 atom stereocenters. The van der Waals surface area contributed by atoms with Crippen molar-refractivity contribution in [2.45, 2.75) is 58.0 Å². The minimum Gasteiger partial charge on any atom is -0.497 e. The van der Waals surface area contributed by atoms with E-state index in [-0.39, 0.29) is 17.8 Å². The molecule has 2 aliphatic rings. The first-order valence-electron chi connectivity index (χ1n) is 12.7. The van der Waals surface area contributed by atoms with E-state index in [4.69, 9.17) is 18.9 Å². The normalized spacial score (nSPS) is 19.9. The summed E-state index contributed by atoms with van der Waals surface area (Å²) in [6, 6.07) is 11.5. The molecule has 1 aliphatic carbocycles. The Bertz CT molecular complexity index is 1300. The lowest BCUT2D eigenvalue weighted by molar-refractivity contribution is -0.144. The zero-order valence-corrected chi connectivity index (χ0v) is 24.2. The molecule has 1 N–H and O–H groups in total. The smallest absolute Gasteiger partial charge is 0.337 e. The van der Waals surface area contributed by atoms with E-state index in [2.05, 4.69) is 21.2 Å². The molecule has 0 fully saturated rings. The molecule has 0 aromatic heterocycles. The van der Waals surface area contributed by atoms with Gasteiger partial charge in [0, 0.05) is 33.8 Å². The number of carbonyl (C=O) groups excluding carboxylic acids is 2. The lowest BCUT2D eigenvalue weighted by atomic mass is 9.71. The molecule has 202 valence electrons. The van der Waals surface area contributed by atoms with Crippen LogP contribution in [0.25, 0.3) is 0 Å². The highest BCUT2D eigenvalue weighted by Gasteiger charge is 2.42. The maximum atomic E-state index is 13.9. The summed E-state index contributed by atoms with van der Waals surface area (Å²) in [4.78, 5) is 27.4. The number of benzene rings is 2. The predicted molar refractivity (Wildman–Crippen MR) is 149 cm³/mol. The van der Waals surface area contributed by atoms with Crippen molar-refractivity contribution in [3.63, 3.8) is 0 Å². The highest BCUT2D eigenvalue weighted by Crippen LogP contribution is 2.49. The minimum absolute atomic E-state index is 0.00686. The maximum absolute atomic E-state index is 13.9. The quantitative estimate of drug-likeness (QED) is 0.371. The Morgan fingerprint density at radius 3 is 2.32 bits per heavy atom. The maximum Gasteiger partial charge on any atom is 0.337 e. The van der Waals surface area contributed by atoms with Crippen LogP contribution in [0.15, 0.2) is 63.4 Å². The molecule has 0 amide bonds. The molecule has 0 radical (unpaired) electrons. The van der Waals surface area contributed by atoms with Gasteiger partial charge in [-0.05, 0) is 68.0 Å². The van der Waals surface area contributed by atoms with Gasteiger partial charge in [0.1, 0.15) is 5.75 Å². The van der Waals surface area contributed by atoms with Gasteiger partial charge in [-0.1, -0.05) is 35.0 Å². The number of dihydropyridines is 1. The first-order chi connectivity index (χ1) is 18.2. The molecule has 4 rings (SSSR count). The molecule has 0 spiro atoms. The Hall–Kier alpha value is -3.26. The van der Waals surface area contributed by atoms with Gasteiger partial charge < -0.3 is 24.3 Å². The summed E-state index contributed by atoms with van der Waals surface area (Å²) in [5.41, 5.74) is 4.32. The Labute approximate surface area is 232 Å². The minimum atomic E-state index is -0.624. The second-order valence-corrected chi connectivity index (χ2v) is 10.5. The van der Waals surface area contributed by atoms with Crippen LogP contribution >= 0.6 is 15.9 Å². The van der Waals surface area contributed by atoms with Crippen LogP contribution in [0.3, 0.4) is 0 Å². The summed E-state index contributed by atoms with van der Waals surface area (Å²) < 4.78 is 22.8. The molecule has 0 saturated heterocycles. The molecule has 2 aromatic rings. The number of carbonyl (C=O) groups is 2. The van der Waals surface area contributed by atoms with E-state index >= 15 is 0 Å². The third kappa shape index (κ3) is 5.32. The van der Waals surface area contributed by atoms with E-state index in [9.17, 15) is 9.59 Å². The molecule has 7 nitrogen and oxygen atoms in total. The van der Waals surface area contributed by atoms with Crippen LogP contribution in [-0.4, -0.2) is 39.2 Å². The standard InChI is InChI=1S/C30H34BrNO6/c1-7-16(2)38-30(34)27-17(3)32-23-12-19(18-8-10-20(35-4)11-9-18)13-24(33)29(23)28(27)21-14-25(36-5)26(37-6)15-22(21)31/h8-11,14-16,19,28,32H,7,12-13H2,1-6H3. The van der Waals surface area contributed by atoms with Crippen LogP contribution in [0.5, 0.6) is 17.2 Å². The van der Waals surface area contributed by atoms with Crippen molar-refractivity contribution in [1.29, 1.82) is 0 Å². The van der Waals surface area contributed by atoms with Gasteiger partial charge >= 0.3 is 5.97 Å². The Morgan fingerprint density at radius 1 is 1.05 bits per heavy atom. The van der Waals surface area contributed by atoms with Gasteiger partial charge in [-0.15, -0.1) is 0 Å². The summed E-state index contributed by atoms with van der Waals surface area (Å²) in [5, 5.41) is 3.41. The van der Waals surface area contributed by atoms with Crippen molar-refractivity contribution in [1.82, 2.24) is 5.32 Å². The van der Waals surface area contributed by atoms with Crippen LogP contribution in [-0.2, 0) is 14.3 Å². The summed E-state index contributed by atoms with van der Waals surface area (Å²) in [6.07, 6.45) is 1.40. The van der Waals surface area contributed by atoms with Gasteiger partial charge in [0.05, 0.1) is 33.0 Å². The Kier molecular flexibility index (Phi) is 8.51. The molecular weight excluding hydrogens is 550 g/mol. The van der Waals surface area contributed by atoms with Crippen LogP contribution < -0.4 is 19.5 Å². The second kappa shape index (κ2) is 11.6. The number of halogens is 1. The number of ether oxygens (including phenoxy) is 4. The summed E-state index contributed by atoms with van der Waals surface area (Å²) in [7, 11) is 4.76. The fourth-order valence-electron chi connectivity index (χ4n) is 5.15. The van der Waals surface area contributed by atoms with Crippen molar-refractivity contribution >= 4 is 27.7 Å². The van der Waals surface area contributed by atoms with E-state index in [1.165, 1.54) is 0 Å². The first-order valence-corrected chi connectivity index (χ1v) is 13.5. The van der Waals surface area contributed by atoms with E-state index in [1.54, 1.807) is 27.4 Å². The van der Waals surface area contributed by atoms with Crippen LogP contribution in [0.2, 0.25) is 0 Å². The van der Waals surface area contributed by atoms with Gasteiger partial charge in [0.25, 0.3) is 0 Å². The number of nitrogens with one attached hydrogen (secondary N) is 1. The van der Waals surface area contributed by atoms with E-state index in [1.807, 2.05) is 51.1 Å². The van der Waals surface area contributed by atoms with Gasteiger partial charge in [0.15, 0.2) is 17.3 Å². The van der Waals surface area contributed by atoms with Gasteiger partial charge in [-0.25, -0.2) is 4.79 Å². The third-order valence-electron chi connectivity index (χ3n) is 7.33. The number of methoxy groups -OCH3 is 3. The summed E-state index contributed by atoms with van der Waals surface area (Å²) >= 11 is 3.67. The van der Waals surface area contributed by atoms with E-state index in [0.29, 0.717) is 52.1 Å². The monoisotopic (exact) mass is 583 g/mol. The Morgan fingerprint density at radius 2 is 1.71 bits per heavy atom. The van der Waals surface area contributed by atoms with E-state index in [0.717, 1.165) is 22.6 Å². The number of rotatable bonds is 8. The van der Waals surface area contributed by atoms with Crippen molar-refractivity contribution in [3.05, 3.63) is 74.5 Å². The lowest BCUT2D eigenvalue weighted by Crippen LogP contribution is -2.36. The van der Waals surface area contributed by atoms with Crippen molar-refractivity contribution < 1.29 is 28.5 Å². The molecule has 8 heteroatoms. The second-order valence-electron chi connectivity index (χ2n) is 9.64. The fraction of sp³-hybridized carbons (Fsp3) is 0.400. The number of allylic oxidation sites excluding steroid dienone is 3. The van der Waals surface area contributed by atoms with Crippen LogP contribution in [0.1, 0.15) is 63.0 Å². The molecule has 38 heavy (non-hydrogen) atoms. The molecule has 0 saturated carbocycles. The van der Waals surface area contributed by atoms with Crippen LogP contribution in [0, 0.1) is 0 Å². The number of ketones is 1. The summed E-state index contributed by atoms with van der Waals surface area (Å²) in [6.45, 7) is 5.69. The van der Waals surface area contributed by atoms with Crippen LogP contribution in [0.4, 0.5) is 0 Å². The van der Waals surface area contributed by atoms with Gasteiger partial charge in [0.2, 0.25) is 0 Å². The molecule has 1 aliphatic heterocycles. The van der Waals surface area contributed by atoms with Crippen molar-refractivity contribution in [2.75, 3.05) is 21.3 Å². The number of hydrogen-bond donors (Lipinski definition) is 1. The lowest BCUT2D eigenvalue weighted by Gasteiger charge is -2.37. The average Bonchev–Trinajstić information content (AvgIpc) is 2.91. The molecular formula is C30H34BrNO6. The third-order valence-corrected chi connectivity index (χ3v) is 8.02. The SMILES string of the molecule is CCC(C)OC(=O)C1=C(C)NC2=C(C(=O)CC(c3ccc(OC)cc3)C2)C1c1cc(OC)c(OC)cc1Br. The van der Waals surface area contributed by atoms with Gasteiger partial charge in [-0.2, -0.15) is 0 Å². The van der Waals surface area contributed by atoms with Crippen molar-refractivity contribution in [3.8, 4) is 17.2 Å². The number of hydrogen-bond acceptors (Lipinski definition) is 7. The highest BCUT2D eigenvalue weighted by molar-refractivity contribution is 9.10.